The van der Waals surface area contributed by atoms with Gasteiger partial charge in [0.05, 0.1) is 12.2 Å². The zero-order chi connectivity index (χ0) is 15.4. The first kappa shape index (κ1) is 14.8. The van der Waals surface area contributed by atoms with Crippen molar-refractivity contribution in [1.82, 2.24) is 9.78 Å². The summed E-state index contributed by atoms with van der Waals surface area (Å²) in [6, 6.07) is 7.42. The first-order chi connectivity index (χ1) is 10.0. The van der Waals surface area contributed by atoms with Crippen LogP contribution in [-0.2, 0) is 7.05 Å². The van der Waals surface area contributed by atoms with Gasteiger partial charge in [-0.05, 0) is 37.6 Å². The summed E-state index contributed by atoms with van der Waals surface area (Å²) in [5, 5.41) is 7.07. The lowest BCUT2D eigenvalue weighted by molar-refractivity contribution is 0.101. The van der Waals surface area contributed by atoms with Crippen molar-refractivity contribution in [3.63, 3.8) is 0 Å². The van der Waals surface area contributed by atoms with Crippen LogP contribution < -0.4 is 11.1 Å². The van der Waals surface area contributed by atoms with Crippen molar-refractivity contribution in [2.75, 3.05) is 11.9 Å². The lowest BCUT2D eigenvalue weighted by Gasteiger charge is -2.09. The third-order valence-corrected chi connectivity index (χ3v) is 3.06. The Morgan fingerprint density at radius 2 is 2.14 bits per heavy atom. The fourth-order valence-electron chi connectivity index (χ4n) is 2.00. The standard InChI is InChI=1S/C16H18N4O/c1-11-6-7-13(5-4-8-17)10-14(11)18-16(21)15-9-12(2)19-20(15)3/h6-7,9-10H,8,17H2,1-3H3,(H,18,21). The van der Waals surface area contributed by atoms with Gasteiger partial charge in [-0.1, -0.05) is 17.9 Å². The number of anilines is 1. The summed E-state index contributed by atoms with van der Waals surface area (Å²) in [4.78, 5) is 12.3. The Bertz CT molecular complexity index is 734. The monoisotopic (exact) mass is 282 g/mol. The van der Waals surface area contributed by atoms with E-state index < -0.39 is 0 Å². The second kappa shape index (κ2) is 6.25. The topological polar surface area (TPSA) is 72.9 Å². The molecule has 0 aliphatic carbocycles. The molecule has 21 heavy (non-hydrogen) atoms. The number of nitrogens with two attached hydrogens (primary N) is 1. The number of aromatic nitrogens is 2. The molecule has 1 heterocycles. The van der Waals surface area contributed by atoms with Gasteiger partial charge in [-0.15, -0.1) is 0 Å². The number of benzene rings is 1. The minimum absolute atomic E-state index is 0.190. The number of amides is 1. The second-order valence-electron chi connectivity index (χ2n) is 4.78. The van der Waals surface area contributed by atoms with Crippen LogP contribution in [-0.4, -0.2) is 22.2 Å². The number of nitrogens with one attached hydrogen (secondary N) is 1. The van der Waals surface area contributed by atoms with Crippen molar-refractivity contribution in [2.24, 2.45) is 12.8 Å². The van der Waals surface area contributed by atoms with E-state index in [0.717, 1.165) is 22.5 Å². The lowest BCUT2D eigenvalue weighted by atomic mass is 10.1. The van der Waals surface area contributed by atoms with Crippen LogP contribution in [0.3, 0.4) is 0 Å². The molecule has 0 aliphatic rings. The smallest absolute Gasteiger partial charge is 0.273 e. The fraction of sp³-hybridized carbons (Fsp3) is 0.250. The molecule has 0 atom stereocenters. The molecule has 5 nitrogen and oxygen atoms in total. The molecule has 0 saturated heterocycles. The van der Waals surface area contributed by atoms with E-state index >= 15 is 0 Å². The molecule has 0 spiro atoms. The summed E-state index contributed by atoms with van der Waals surface area (Å²) in [5.41, 5.74) is 9.23. The molecule has 0 unspecified atom stereocenters. The zero-order valence-electron chi connectivity index (χ0n) is 12.4. The van der Waals surface area contributed by atoms with E-state index in [0.29, 0.717) is 12.2 Å². The van der Waals surface area contributed by atoms with E-state index in [9.17, 15) is 4.79 Å². The van der Waals surface area contributed by atoms with Crippen LogP contribution in [0, 0.1) is 25.7 Å². The molecule has 0 saturated carbocycles. The number of rotatable bonds is 2. The molecule has 0 fully saturated rings. The highest BCUT2D eigenvalue weighted by atomic mass is 16.2. The largest absolute Gasteiger partial charge is 0.320 e. The quantitative estimate of drug-likeness (QED) is 0.822. The summed E-state index contributed by atoms with van der Waals surface area (Å²) in [6.07, 6.45) is 0. The van der Waals surface area contributed by atoms with Crippen LogP contribution in [0.5, 0.6) is 0 Å². The van der Waals surface area contributed by atoms with Crippen LogP contribution in [0.1, 0.15) is 27.3 Å². The van der Waals surface area contributed by atoms with Crippen molar-refractivity contribution in [3.8, 4) is 11.8 Å². The molecule has 0 radical (unpaired) electrons. The molecule has 1 aromatic carbocycles. The van der Waals surface area contributed by atoms with Crippen LogP contribution >= 0.6 is 0 Å². The molecule has 3 N–H and O–H groups in total. The molecule has 108 valence electrons. The maximum Gasteiger partial charge on any atom is 0.273 e. The molecule has 1 amide bonds. The van der Waals surface area contributed by atoms with Crippen molar-refractivity contribution in [3.05, 3.63) is 46.8 Å². The van der Waals surface area contributed by atoms with Crippen molar-refractivity contribution in [2.45, 2.75) is 13.8 Å². The number of hydrogen-bond acceptors (Lipinski definition) is 3. The summed E-state index contributed by atoms with van der Waals surface area (Å²) in [5.74, 6) is 5.57. The van der Waals surface area contributed by atoms with Gasteiger partial charge in [0.15, 0.2) is 0 Å². The highest BCUT2D eigenvalue weighted by molar-refractivity contribution is 6.03. The van der Waals surface area contributed by atoms with Gasteiger partial charge < -0.3 is 11.1 Å². The Morgan fingerprint density at radius 3 is 2.76 bits per heavy atom. The Balaban J connectivity index is 2.26. The molecular formula is C16H18N4O. The Labute approximate surface area is 124 Å². The van der Waals surface area contributed by atoms with E-state index in [-0.39, 0.29) is 5.91 Å². The Morgan fingerprint density at radius 1 is 1.38 bits per heavy atom. The number of carbonyl (C=O) groups is 1. The van der Waals surface area contributed by atoms with Gasteiger partial charge in [0.2, 0.25) is 0 Å². The SMILES string of the molecule is Cc1cc(C(=O)Nc2cc(C#CCN)ccc2C)n(C)n1. The first-order valence-corrected chi connectivity index (χ1v) is 6.63. The van der Waals surface area contributed by atoms with Gasteiger partial charge in [-0.2, -0.15) is 5.10 Å². The highest BCUT2D eigenvalue weighted by Gasteiger charge is 2.13. The highest BCUT2D eigenvalue weighted by Crippen LogP contribution is 2.17. The number of aryl methyl sites for hydroxylation is 3. The molecule has 1 aromatic heterocycles. The van der Waals surface area contributed by atoms with Gasteiger partial charge in [-0.25, -0.2) is 0 Å². The normalized spacial score (nSPS) is 9.90. The predicted octanol–water partition coefficient (Wildman–Crippen LogP) is 1.60. The third kappa shape index (κ3) is 3.50. The van der Waals surface area contributed by atoms with Crippen LogP contribution in [0.4, 0.5) is 5.69 Å². The Hall–Kier alpha value is -2.58. The number of carbonyl (C=O) groups excluding carboxylic acids is 1. The van der Waals surface area contributed by atoms with Crippen LogP contribution in [0.25, 0.3) is 0 Å². The van der Waals surface area contributed by atoms with E-state index in [1.807, 2.05) is 32.0 Å². The lowest BCUT2D eigenvalue weighted by Crippen LogP contribution is -2.16. The minimum Gasteiger partial charge on any atom is -0.320 e. The third-order valence-electron chi connectivity index (χ3n) is 3.06. The van der Waals surface area contributed by atoms with Gasteiger partial charge in [-0.3, -0.25) is 9.48 Å². The predicted molar refractivity (Wildman–Crippen MR) is 83.0 cm³/mol. The van der Waals surface area contributed by atoms with E-state index in [2.05, 4.69) is 22.3 Å². The average Bonchev–Trinajstić information content (AvgIpc) is 2.78. The van der Waals surface area contributed by atoms with Gasteiger partial charge in [0.25, 0.3) is 5.91 Å². The van der Waals surface area contributed by atoms with Gasteiger partial charge >= 0.3 is 0 Å². The van der Waals surface area contributed by atoms with Crippen molar-refractivity contribution in [1.29, 1.82) is 0 Å². The fourth-order valence-corrected chi connectivity index (χ4v) is 2.00. The summed E-state index contributed by atoms with van der Waals surface area (Å²) in [7, 11) is 1.75. The molecule has 2 aromatic rings. The van der Waals surface area contributed by atoms with Crippen LogP contribution in [0.2, 0.25) is 0 Å². The van der Waals surface area contributed by atoms with Crippen LogP contribution in [0.15, 0.2) is 24.3 Å². The number of nitrogens with zero attached hydrogens (tertiary/aromatic N) is 2. The minimum atomic E-state index is -0.190. The van der Waals surface area contributed by atoms with E-state index in [4.69, 9.17) is 5.73 Å². The molecule has 0 bridgehead atoms. The number of hydrogen-bond donors (Lipinski definition) is 2. The zero-order valence-corrected chi connectivity index (χ0v) is 12.4. The molecular weight excluding hydrogens is 264 g/mol. The summed E-state index contributed by atoms with van der Waals surface area (Å²) >= 11 is 0. The van der Waals surface area contributed by atoms with Crippen molar-refractivity contribution >= 4 is 11.6 Å². The van der Waals surface area contributed by atoms with Gasteiger partial charge in [0, 0.05) is 18.3 Å². The maximum absolute atomic E-state index is 12.3. The molecule has 5 heteroatoms. The summed E-state index contributed by atoms with van der Waals surface area (Å²) < 4.78 is 1.57. The van der Waals surface area contributed by atoms with E-state index in [1.165, 1.54) is 0 Å². The molecule has 0 aliphatic heterocycles. The van der Waals surface area contributed by atoms with Crippen molar-refractivity contribution < 1.29 is 4.79 Å². The second-order valence-corrected chi connectivity index (χ2v) is 4.78. The average molecular weight is 282 g/mol. The van der Waals surface area contributed by atoms with E-state index in [1.54, 1.807) is 17.8 Å². The Kier molecular flexibility index (Phi) is 4.41. The first-order valence-electron chi connectivity index (χ1n) is 6.63. The summed E-state index contributed by atoms with van der Waals surface area (Å²) in [6.45, 7) is 4.10. The molecule has 2 rings (SSSR count). The maximum atomic E-state index is 12.3. The van der Waals surface area contributed by atoms with Gasteiger partial charge in [0.1, 0.15) is 5.69 Å².